The quantitative estimate of drug-likeness (QED) is 0.678. The maximum absolute atomic E-state index is 12.2. The van der Waals surface area contributed by atoms with Crippen molar-refractivity contribution in [3.05, 3.63) is 24.5 Å². The number of β-amino-alcohol motifs (C(OH)–C–C–N with tert-alkyl or cyclic N) is 1. The van der Waals surface area contributed by atoms with Crippen molar-refractivity contribution in [2.24, 2.45) is 0 Å². The summed E-state index contributed by atoms with van der Waals surface area (Å²) in [7, 11) is 0. The zero-order valence-corrected chi connectivity index (χ0v) is 12.0. The number of carbonyl (C=O) groups excluding carboxylic acids is 1. The Hall–Kier alpha value is -2.33. The van der Waals surface area contributed by atoms with Crippen LogP contribution >= 0.6 is 0 Å². The first-order valence-electron chi connectivity index (χ1n) is 7.07. The normalized spacial score (nSPS) is 20.0. The molecule has 1 atom stereocenters. The van der Waals surface area contributed by atoms with Crippen LogP contribution in [0.3, 0.4) is 0 Å². The van der Waals surface area contributed by atoms with Gasteiger partial charge in [-0.2, -0.15) is 4.80 Å². The summed E-state index contributed by atoms with van der Waals surface area (Å²) in [4.78, 5) is 24.2. The van der Waals surface area contributed by atoms with Crippen LogP contribution in [0, 0.1) is 0 Å². The van der Waals surface area contributed by atoms with Crippen LogP contribution in [-0.4, -0.2) is 83.3 Å². The molecule has 1 fully saturated rings. The van der Waals surface area contributed by atoms with Gasteiger partial charge in [0.1, 0.15) is 6.54 Å². The van der Waals surface area contributed by atoms with Crippen molar-refractivity contribution in [3.63, 3.8) is 0 Å². The van der Waals surface area contributed by atoms with Gasteiger partial charge in [0.25, 0.3) is 0 Å². The molecule has 10 heteroatoms. The molecule has 0 saturated carbocycles. The predicted octanol–water partition coefficient (Wildman–Crippen LogP) is -1.90. The second-order valence-electron chi connectivity index (χ2n) is 5.27. The van der Waals surface area contributed by atoms with E-state index in [2.05, 4.69) is 30.3 Å². The molecule has 2 N–H and O–H groups in total. The van der Waals surface area contributed by atoms with Gasteiger partial charge in [-0.3, -0.25) is 9.69 Å². The molecular weight excluding hydrogens is 288 g/mol. The van der Waals surface area contributed by atoms with Gasteiger partial charge in [-0.05, 0) is 5.21 Å². The average Bonchev–Trinajstić information content (AvgIpc) is 3.13. The van der Waals surface area contributed by atoms with E-state index in [4.69, 9.17) is 0 Å². The van der Waals surface area contributed by atoms with E-state index in [0.29, 0.717) is 32.7 Å². The highest BCUT2D eigenvalue weighted by Gasteiger charge is 2.25. The number of nitrogens with one attached hydrogen (secondary N) is 1. The zero-order chi connectivity index (χ0) is 15.4. The molecule has 118 valence electrons. The van der Waals surface area contributed by atoms with Crippen molar-refractivity contribution in [3.8, 4) is 0 Å². The molecule has 0 radical (unpaired) electrons. The van der Waals surface area contributed by atoms with E-state index >= 15 is 0 Å². The van der Waals surface area contributed by atoms with Gasteiger partial charge in [0.15, 0.2) is 6.33 Å². The lowest BCUT2D eigenvalue weighted by Gasteiger charge is -2.21. The van der Waals surface area contributed by atoms with Gasteiger partial charge in [0.2, 0.25) is 5.91 Å². The Kier molecular flexibility index (Phi) is 4.39. The number of H-pyrrole nitrogens is 1. The van der Waals surface area contributed by atoms with Gasteiger partial charge in [-0.1, -0.05) is 0 Å². The van der Waals surface area contributed by atoms with Gasteiger partial charge >= 0.3 is 0 Å². The van der Waals surface area contributed by atoms with Crippen molar-refractivity contribution < 1.29 is 9.90 Å². The van der Waals surface area contributed by atoms with Gasteiger partial charge in [0.05, 0.1) is 12.4 Å². The van der Waals surface area contributed by atoms with E-state index in [1.54, 1.807) is 17.4 Å². The molecule has 1 aliphatic rings. The number of hydrogen-bond acceptors (Lipinski definition) is 7. The molecular formula is C12H18N8O2. The molecule has 3 heterocycles. The first-order valence-corrected chi connectivity index (χ1v) is 7.07. The number of amides is 1. The van der Waals surface area contributed by atoms with E-state index in [1.807, 2.05) is 0 Å². The van der Waals surface area contributed by atoms with Crippen molar-refractivity contribution in [2.45, 2.75) is 19.2 Å². The average molecular weight is 306 g/mol. The molecule has 1 amide bonds. The number of aromatic amines is 1. The number of imidazole rings is 1. The number of rotatable bonds is 4. The molecule has 1 saturated heterocycles. The van der Waals surface area contributed by atoms with Crippen molar-refractivity contribution in [1.82, 2.24) is 40.0 Å². The summed E-state index contributed by atoms with van der Waals surface area (Å²) in [5.41, 5.74) is 0.985. The molecule has 0 bridgehead atoms. The van der Waals surface area contributed by atoms with E-state index in [0.717, 1.165) is 5.69 Å². The Morgan fingerprint density at radius 3 is 3.05 bits per heavy atom. The number of carbonyl (C=O) groups is 1. The molecule has 1 aliphatic heterocycles. The number of tetrazole rings is 1. The highest BCUT2D eigenvalue weighted by atomic mass is 16.3. The number of aliphatic hydroxyl groups is 1. The van der Waals surface area contributed by atoms with E-state index in [9.17, 15) is 9.90 Å². The van der Waals surface area contributed by atoms with Crippen LogP contribution in [0.4, 0.5) is 0 Å². The van der Waals surface area contributed by atoms with Gasteiger partial charge in [0, 0.05) is 44.6 Å². The Morgan fingerprint density at radius 1 is 1.41 bits per heavy atom. The van der Waals surface area contributed by atoms with Crippen LogP contribution < -0.4 is 0 Å². The predicted molar refractivity (Wildman–Crippen MR) is 74.3 cm³/mol. The molecule has 0 aromatic carbocycles. The molecule has 2 aromatic rings. The Bertz CT molecular complexity index is 584. The number of aromatic nitrogens is 6. The lowest BCUT2D eigenvalue weighted by Crippen LogP contribution is -2.39. The topological polar surface area (TPSA) is 116 Å². The summed E-state index contributed by atoms with van der Waals surface area (Å²) in [6.07, 6.45) is 4.09. The summed E-state index contributed by atoms with van der Waals surface area (Å²) >= 11 is 0. The number of nitrogens with zero attached hydrogens (tertiary/aromatic N) is 7. The second-order valence-corrected chi connectivity index (χ2v) is 5.27. The summed E-state index contributed by atoms with van der Waals surface area (Å²) in [6, 6.07) is 0. The van der Waals surface area contributed by atoms with E-state index in [-0.39, 0.29) is 12.5 Å². The fourth-order valence-electron chi connectivity index (χ4n) is 2.52. The second kappa shape index (κ2) is 6.62. The molecule has 3 rings (SSSR count). The summed E-state index contributed by atoms with van der Waals surface area (Å²) < 4.78 is 0. The monoisotopic (exact) mass is 306 g/mol. The molecule has 22 heavy (non-hydrogen) atoms. The van der Waals surface area contributed by atoms with Gasteiger partial charge in [-0.15, -0.1) is 10.2 Å². The summed E-state index contributed by atoms with van der Waals surface area (Å²) in [5.74, 6) is -0.125. The fraction of sp³-hybridized carbons (Fsp3) is 0.583. The van der Waals surface area contributed by atoms with Crippen LogP contribution in [-0.2, 0) is 17.9 Å². The highest BCUT2D eigenvalue weighted by Crippen LogP contribution is 2.08. The highest BCUT2D eigenvalue weighted by molar-refractivity contribution is 5.75. The number of hydrogen-bond donors (Lipinski definition) is 2. The first kappa shape index (κ1) is 14.6. The maximum Gasteiger partial charge on any atom is 0.246 e. The lowest BCUT2D eigenvalue weighted by molar-refractivity contribution is -0.133. The third-order valence-electron chi connectivity index (χ3n) is 3.56. The summed E-state index contributed by atoms with van der Waals surface area (Å²) in [6.45, 7) is 2.78. The van der Waals surface area contributed by atoms with E-state index < -0.39 is 6.10 Å². The summed E-state index contributed by atoms with van der Waals surface area (Å²) in [5, 5.41) is 21.2. The minimum absolute atomic E-state index is 0.0350. The Balaban J connectivity index is 1.57. The minimum Gasteiger partial charge on any atom is -0.390 e. The maximum atomic E-state index is 12.2. The van der Waals surface area contributed by atoms with Crippen LogP contribution in [0.15, 0.2) is 18.9 Å². The van der Waals surface area contributed by atoms with Crippen molar-refractivity contribution in [1.29, 1.82) is 0 Å². The first-order chi connectivity index (χ1) is 10.7. The van der Waals surface area contributed by atoms with Crippen LogP contribution in [0.1, 0.15) is 5.69 Å². The molecule has 0 aliphatic carbocycles. The van der Waals surface area contributed by atoms with Gasteiger partial charge in [-0.25, -0.2) is 4.98 Å². The van der Waals surface area contributed by atoms with E-state index in [1.165, 1.54) is 11.1 Å². The van der Waals surface area contributed by atoms with Crippen LogP contribution in [0.5, 0.6) is 0 Å². The SMILES string of the molecule is O=C(Cn1ncnn1)N1CCN(Cc2cnc[nH]2)C[C@H](O)C1. The van der Waals surface area contributed by atoms with Crippen LogP contribution in [0.2, 0.25) is 0 Å². The van der Waals surface area contributed by atoms with Crippen LogP contribution in [0.25, 0.3) is 0 Å². The molecule has 0 spiro atoms. The fourth-order valence-corrected chi connectivity index (χ4v) is 2.52. The van der Waals surface area contributed by atoms with Crippen molar-refractivity contribution >= 4 is 5.91 Å². The Labute approximate surface area is 126 Å². The lowest BCUT2D eigenvalue weighted by atomic mass is 10.3. The minimum atomic E-state index is -0.585. The largest absolute Gasteiger partial charge is 0.390 e. The van der Waals surface area contributed by atoms with Crippen molar-refractivity contribution in [2.75, 3.05) is 26.2 Å². The Morgan fingerprint density at radius 2 is 2.32 bits per heavy atom. The smallest absolute Gasteiger partial charge is 0.246 e. The zero-order valence-electron chi connectivity index (χ0n) is 12.0. The third kappa shape index (κ3) is 3.65. The third-order valence-corrected chi connectivity index (χ3v) is 3.56. The van der Waals surface area contributed by atoms with Gasteiger partial charge < -0.3 is 15.0 Å². The molecule has 0 unspecified atom stereocenters. The molecule has 10 nitrogen and oxygen atoms in total. The standard InChI is InChI=1S/C12H18N8O2/c21-11-5-18(4-10-3-13-8-14-10)1-2-19(6-11)12(22)7-20-16-9-15-17-20/h3,8-9,11,21H,1-2,4-7H2,(H,13,14)/t11-/m0/s1. The molecule has 2 aromatic heterocycles. The number of aliphatic hydroxyl groups excluding tert-OH is 1.